The molecule has 25 heavy (non-hydrogen) atoms. The number of nitrogens with one attached hydrogen (secondary N) is 2. The van der Waals surface area contributed by atoms with Gasteiger partial charge in [-0.05, 0) is 29.8 Å². The number of benzene rings is 1. The van der Waals surface area contributed by atoms with Gasteiger partial charge in [0.15, 0.2) is 0 Å². The molecule has 2 heterocycles. The predicted molar refractivity (Wildman–Crippen MR) is 92.2 cm³/mol. The Bertz CT molecular complexity index is 771. The topological polar surface area (TPSA) is 101 Å². The maximum Gasteiger partial charge on any atom is 0.240 e. The molecule has 0 aliphatic carbocycles. The van der Waals surface area contributed by atoms with Crippen molar-refractivity contribution in [2.45, 2.75) is 29.7 Å². The van der Waals surface area contributed by atoms with Gasteiger partial charge in [-0.25, -0.2) is 13.1 Å². The molecule has 0 saturated carbocycles. The van der Waals surface area contributed by atoms with Crippen LogP contribution in [-0.4, -0.2) is 49.9 Å². The van der Waals surface area contributed by atoms with Crippen LogP contribution >= 0.6 is 0 Å². The Kier molecular flexibility index (Phi) is 5.77. The fourth-order valence-electron chi connectivity index (χ4n) is 2.67. The molecule has 1 aromatic carbocycles. The van der Waals surface area contributed by atoms with Crippen molar-refractivity contribution in [1.29, 1.82) is 0 Å². The van der Waals surface area contributed by atoms with Crippen LogP contribution in [0.25, 0.3) is 0 Å². The third-order valence-corrected chi connectivity index (χ3v) is 5.57. The van der Waals surface area contributed by atoms with Crippen LogP contribution in [0.5, 0.6) is 0 Å². The monoisotopic (exact) mass is 363 g/mol. The van der Waals surface area contributed by atoms with E-state index in [-0.39, 0.29) is 17.5 Å². The molecule has 134 valence electrons. The van der Waals surface area contributed by atoms with Crippen LogP contribution in [0.2, 0.25) is 0 Å². The third-order valence-electron chi connectivity index (χ3n) is 4.13. The Hall–Kier alpha value is -1.84. The van der Waals surface area contributed by atoms with Crippen LogP contribution in [0.3, 0.4) is 0 Å². The fraction of sp³-hybridized carbons (Fsp3) is 0.353. The van der Waals surface area contributed by atoms with Gasteiger partial charge in [-0.15, -0.1) is 0 Å². The van der Waals surface area contributed by atoms with Crippen LogP contribution in [0, 0.1) is 0 Å². The largest absolute Gasteiger partial charge is 0.389 e. The van der Waals surface area contributed by atoms with Crippen molar-refractivity contribution in [3.63, 3.8) is 0 Å². The number of sulfonamides is 1. The highest BCUT2D eigenvalue weighted by Gasteiger charge is 2.36. The highest BCUT2D eigenvalue weighted by Crippen LogP contribution is 2.16. The highest BCUT2D eigenvalue weighted by molar-refractivity contribution is 7.89. The van der Waals surface area contributed by atoms with Crippen LogP contribution in [-0.2, 0) is 21.3 Å². The molecule has 0 bridgehead atoms. The number of hydrogen-bond acceptors (Lipinski definition) is 6. The zero-order chi connectivity index (χ0) is 17.7. The first-order valence-electron chi connectivity index (χ1n) is 8.03. The third kappa shape index (κ3) is 4.62. The molecule has 1 fully saturated rings. The number of aromatic nitrogens is 1. The number of ether oxygens (including phenoxy) is 1. The number of aliphatic hydroxyl groups excluding tert-OH is 1. The summed E-state index contributed by atoms with van der Waals surface area (Å²) in [4.78, 5) is 4.15. The molecule has 1 saturated heterocycles. The van der Waals surface area contributed by atoms with Gasteiger partial charge in [0.1, 0.15) is 0 Å². The van der Waals surface area contributed by atoms with Crippen molar-refractivity contribution in [3.8, 4) is 0 Å². The standard InChI is InChI=1S/C17H21N3O4S/c21-17-15(19-10-13-6-8-18-9-7-13)12-24-16(17)11-20-25(22,23)14-4-2-1-3-5-14/h1-9,15-17,19-21H,10-12H2/t15-,16-,17+/m1/s1. The lowest BCUT2D eigenvalue weighted by atomic mass is 10.1. The van der Waals surface area contributed by atoms with E-state index in [1.165, 1.54) is 12.1 Å². The van der Waals surface area contributed by atoms with Crippen molar-refractivity contribution >= 4 is 10.0 Å². The van der Waals surface area contributed by atoms with E-state index >= 15 is 0 Å². The Labute approximate surface area is 147 Å². The van der Waals surface area contributed by atoms with Gasteiger partial charge in [0.25, 0.3) is 0 Å². The first kappa shape index (κ1) is 18.0. The normalized spacial score (nSPS) is 23.6. The Morgan fingerprint density at radius 2 is 1.88 bits per heavy atom. The molecular weight excluding hydrogens is 342 g/mol. The van der Waals surface area contributed by atoms with E-state index in [0.29, 0.717) is 13.2 Å². The van der Waals surface area contributed by atoms with Gasteiger partial charge in [0, 0.05) is 25.5 Å². The average molecular weight is 363 g/mol. The van der Waals surface area contributed by atoms with Crippen LogP contribution in [0.15, 0.2) is 59.8 Å². The average Bonchev–Trinajstić information content (AvgIpc) is 3.00. The number of aliphatic hydroxyl groups is 1. The fourth-order valence-corrected chi connectivity index (χ4v) is 3.73. The van der Waals surface area contributed by atoms with Crippen molar-refractivity contribution in [2.75, 3.05) is 13.2 Å². The van der Waals surface area contributed by atoms with E-state index in [0.717, 1.165) is 5.56 Å². The zero-order valence-corrected chi connectivity index (χ0v) is 14.4. The molecule has 0 spiro atoms. The number of pyridine rings is 1. The summed E-state index contributed by atoms with van der Waals surface area (Å²) in [5.74, 6) is 0. The van der Waals surface area contributed by atoms with Crippen molar-refractivity contribution in [2.24, 2.45) is 0 Å². The molecule has 3 atom stereocenters. The van der Waals surface area contributed by atoms with Gasteiger partial charge in [-0.3, -0.25) is 4.98 Å². The molecule has 0 unspecified atom stereocenters. The van der Waals surface area contributed by atoms with Gasteiger partial charge >= 0.3 is 0 Å². The van der Waals surface area contributed by atoms with Gasteiger partial charge in [-0.2, -0.15) is 0 Å². The minimum Gasteiger partial charge on any atom is -0.389 e. The van der Waals surface area contributed by atoms with Crippen molar-refractivity contribution in [3.05, 3.63) is 60.4 Å². The Morgan fingerprint density at radius 3 is 2.60 bits per heavy atom. The van der Waals surface area contributed by atoms with Gasteiger partial charge in [-0.1, -0.05) is 18.2 Å². The molecule has 0 amide bonds. The van der Waals surface area contributed by atoms with E-state index < -0.39 is 22.2 Å². The van der Waals surface area contributed by atoms with Crippen LogP contribution < -0.4 is 10.0 Å². The Morgan fingerprint density at radius 1 is 1.16 bits per heavy atom. The number of nitrogens with zero attached hydrogens (tertiary/aromatic N) is 1. The smallest absolute Gasteiger partial charge is 0.240 e. The quantitative estimate of drug-likeness (QED) is 0.653. The molecule has 8 heteroatoms. The molecule has 3 rings (SSSR count). The predicted octanol–water partition coefficient (Wildman–Crippen LogP) is 0.278. The summed E-state index contributed by atoms with van der Waals surface area (Å²) in [6, 6.07) is 11.6. The van der Waals surface area contributed by atoms with Crippen molar-refractivity contribution in [1.82, 2.24) is 15.0 Å². The van der Waals surface area contributed by atoms with Gasteiger partial charge < -0.3 is 15.2 Å². The van der Waals surface area contributed by atoms with Gasteiger partial charge in [0.05, 0.1) is 29.8 Å². The maximum absolute atomic E-state index is 12.2. The van der Waals surface area contributed by atoms with Crippen molar-refractivity contribution < 1.29 is 18.3 Å². The molecule has 2 aromatic rings. The van der Waals surface area contributed by atoms with E-state index in [1.807, 2.05) is 12.1 Å². The van der Waals surface area contributed by atoms with Gasteiger partial charge in [0.2, 0.25) is 10.0 Å². The molecule has 1 aromatic heterocycles. The number of hydrogen-bond donors (Lipinski definition) is 3. The second-order valence-electron chi connectivity index (χ2n) is 5.87. The van der Waals surface area contributed by atoms with E-state index in [2.05, 4.69) is 15.0 Å². The summed E-state index contributed by atoms with van der Waals surface area (Å²) < 4.78 is 32.5. The molecule has 3 N–H and O–H groups in total. The summed E-state index contributed by atoms with van der Waals surface area (Å²) in [6.07, 6.45) is 2.04. The zero-order valence-electron chi connectivity index (χ0n) is 13.6. The summed E-state index contributed by atoms with van der Waals surface area (Å²) in [5, 5.41) is 13.6. The first-order chi connectivity index (χ1) is 12.1. The minimum absolute atomic E-state index is 0.0197. The lowest BCUT2D eigenvalue weighted by molar-refractivity contribution is 0.0443. The molecule has 0 radical (unpaired) electrons. The summed E-state index contributed by atoms with van der Waals surface area (Å²) in [5.41, 5.74) is 1.05. The molecule has 1 aliphatic heterocycles. The summed E-state index contributed by atoms with van der Waals surface area (Å²) in [6.45, 7) is 0.923. The lowest BCUT2D eigenvalue weighted by Crippen LogP contribution is -2.44. The van der Waals surface area contributed by atoms with E-state index in [9.17, 15) is 13.5 Å². The van der Waals surface area contributed by atoms with E-state index in [1.54, 1.807) is 30.6 Å². The second-order valence-corrected chi connectivity index (χ2v) is 7.64. The second kappa shape index (κ2) is 8.03. The lowest BCUT2D eigenvalue weighted by Gasteiger charge is -2.19. The van der Waals surface area contributed by atoms with E-state index in [4.69, 9.17) is 4.74 Å². The van der Waals surface area contributed by atoms with Crippen LogP contribution in [0.4, 0.5) is 0 Å². The minimum atomic E-state index is -3.61. The highest BCUT2D eigenvalue weighted by atomic mass is 32.2. The molecule has 7 nitrogen and oxygen atoms in total. The summed E-state index contributed by atoms with van der Waals surface area (Å²) >= 11 is 0. The molecule has 1 aliphatic rings. The number of rotatable bonds is 7. The maximum atomic E-state index is 12.2. The Balaban J connectivity index is 1.51. The SMILES string of the molecule is O=S(=O)(NC[C@H]1OC[C@@H](NCc2ccncc2)[C@@H]1O)c1ccccc1. The summed E-state index contributed by atoms with van der Waals surface area (Å²) in [7, 11) is -3.61. The first-order valence-corrected chi connectivity index (χ1v) is 9.51. The molecular formula is C17H21N3O4S. The van der Waals surface area contributed by atoms with Crippen LogP contribution in [0.1, 0.15) is 5.56 Å².